The first kappa shape index (κ1) is 14.8. The summed E-state index contributed by atoms with van der Waals surface area (Å²) in [6.07, 6.45) is 1.85. The number of nitrogens with zero attached hydrogens (tertiary/aromatic N) is 3. The molecule has 2 aromatic heterocycles. The molecule has 0 N–H and O–H groups in total. The molecule has 0 aliphatic heterocycles. The molecule has 0 unspecified atom stereocenters. The molecule has 26 heavy (non-hydrogen) atoms. The van der Waals surface area contributed by atoms with E-state index in [9.17, 15) is 4.39 Å². The minimum atomic E-state index is -0.286. The second-order valence-electron chi connectivity index (χ2n) is 6.14. The summed E-state index contributed by atoms with van der Waals surface area (Å²) >= 11 is 0. The van der Waals surface area contributed by atoms with Crippen molar-refractivity contribution in [3.63, 3.8) is 0 Å². The molecule has 0 bridgehead atoms. The third-order valence-electron chi connectivity index (χ3n) is 4.51. The van der Waals surface area contributed by atoms with Gasteiger partial charge in [-0.2, -0.15) is 5.10 Å². The maximum absolute atomic E-state index is 13.8. The first-order valence-corrected chi connectivity index (χ1v) is 8.39. The fourth-order valence-corrected chi connectivity index (χ4v) is 3.34. The first-order valence-electron chi connectivity index (χ1n) is 8.39. The molecule has 0 aliphatic rings. The predicted molar refractivity (Wildman–Crippen MR) is 102 cm³/mol. The molecular formula is C22H14FN3. The monoisotopic (exact) mass is 339 g/mol. The van der Waals surface area contributed by atoms with Crippen LogP contribution in [0.15, 0.2) is 85.1 Å². The smallest absolute Gasteiger partial charge is 0.125 e. The average molecular weight is 339 g/mol. The van der Waals surface area contributed by atoms with Crippen molar-refractivity contribution in [1.82, 2.24) is 14.8 Å². The SMILES string of the molecule is Fc1cccc(-n2nc(-c3ccccc3)c3cnc4ccccc4c32)c1. The number of fused-ring (bicyclic) bond motifs is 3. The number of hydrogen-bond acceptors (Lipinski definition) is 2. The summed E-state index contributed by atoms with van der Waals surface area (Å²) in [7, 11) is 0. The summed E-state index contributed by atoms with van der Waals surface area (Å²) in [4.78, 5) is 4.59. The van der Waals surface area contributed by atoms with E-state index in [1.54, 1.807) is 6.07 Å². The maximum Gasteiger partial charge on any atom is 0.125 e. The Bertz CT molecular complexity index is 1240. The minimum absolute atomic E-state index is 0.286. The Morgan fingerprint density at radius 2 is 1.58 bits per heavy atom. The van der Waals surface area contributed by atoms with Gasteiger partial charge in [0, 0.05) is 22.5 Å². The molecule has 0 spiro atoms. The molecule has 0 amide bonds. The van der Waals surface area contributed by atoms with Gasteiger partial charge in [0.1, 0.15) is 11.5 Å². The van der Waals surface area contributed by atoms with E-state index in [0.717, 1.165) is 33.1 Å². The van der Waals surface area contributed by atoms with Gasteiger partial charge in [0.05, 0.1) is 16.7 Å². The van der Waals surface area contributed by atoms with Crippen LogP contribution in [0.1, 0.15) is 0 Å². The Kier molecular flexibility index (Phi) is 3.28. The number of hydrogen-bond donors (Lipinski definition) is 0. The summed E-state index contributed by atoms with van der Waals surface area (Å²) in [6.45, 7) is 0. The highest BCUT2D eigenvalue weighted by molar-refractivity contribution is 6.08. The summed E-state index contributed by atoms with van der Waals surface area (Å²) in [5, 5.41) is 6.76. The second kappa shape index (κ2) is 5.77. The molecule has 0 fully saturated rings. The van der Waals surface area contributed by atoms with Crippen molar-refractivity contribution in [3.05, 3.63) is 90.9 Å². The fourth-order valence-electron chi connectivity index (χ4n) is 3.34. The van der Waals surface area contributed by atoms with E-state index in [1.807, 2.05) is 71.5 Å². The standard InChI is InChI=1S/C22H14FN3/c23-16-9-6-10-17(13-16)26-22-18-11-4-5-12-20(18)24-14-19(22)21(25-26)15-7-2-1-3-8-15/h1-14H. The van der Waals surface area contributed by atoms with E-state index in [2.05, 4.69) is 4.98 Å². The number of para-hydroxylation sites is 1. The van der Waals surface area contributed by atoms with Gasteiger partial charge < -0.3 is 0 Å². The number of benzene rings is 3. The lowest BCUT2D eigenvalue weighted by molar-refractivity contribution is 0.626. The average Bonchev–Trinajstić information content (AvgIpc) is 3.09. The summed E-state index contributed by atoms with van der Waals surface area (Å²) in [5.74, 6) is -0.286. The first-order chi connectivity index (χ1) is 12.8. The van der Waals surface area contributed by atoms with Gasteiger partial charge in [-0.3, -0.25) is 4.98 Å². The molecule has 0 atom stereocenters. The Morgan fingerprint density at radius 1 is 0.769 bits per heavy atom. The summed E-state index contributed by atoms with van der Waals surface area (Å²) < 4.78 is 15.7. The highest BCUT2D eigenvalue weighted by Crippen LogP contribution is 2.33. The molecule has 5 aromatic rings. The lowest BCUT2D eigenvalue weighted by Gasteiger charge is -2.05. The number of aromatic nitrogens is 3. The summed E-state index contributed by atoms with van der Waals surface area (Å²) in [6, 6.07) is 24.4. The molecular weight excluding hydrogens is 325 g/mol. The van der Waals surface area contributed by atoms with Crippen molar-refractivity contribution in [1.29, 1.82) is 0 Å². The predicted octanol–water partition coefficient (Wildman–Crippen LogP) is 5.38. The molecule has 0 saturated carbocycles. The van der Waals surface area contributed by atoms with Crippen LogP contribution in [0.3, 0.4) is 0 Å². The van der Waals surface area contributed by atoms with E-state index in [1.165, 1.54) is 12.1 Å². The Balaban J connectivity index is 1.93. The van der Waals surface area contributed by atoms with Crippen molar-refractivity contribution in [2.45, 2.75) is 0 Å². The molecule has 3 aromatic carbocycles. The van der Waals surface area contributed by atoms with E-state index < -0.39 is 0 Å². The van der Waals surface area contributed by atoms with Gasteiger partial charge in [-0.25, -0.2) is 9.07 Å². The van der Waals surface area contributed by atoms with Crippen LogP contribution in [0.2, 0.25) is 0 Å². The lowest BCUT2D eigenvalue weighted by atomic mass is 10.1. The Hall–Kier alpha value is -3.53. The van der Waals surface area contributed by atoms with Crippen LogP contribution >= 0.6 is 0 Å². The zero-order chi connectivity index (χ0) is 17.5. The molecule has 0 saturated heterocycles. The van der Waals surface area contributed by atoms with E-state index in [0.29, 0.717) is 5.69 Å². The fraction of sp³-hybridized carbons (Fsp3) is 0. The maximum atomic E-state index is 13.8. The topological polar surface area (TPSA) is 30.7 Å². The zero-order valence-corrected chi connectivity index (χ0v) is 13.8. The van der Waals surface area contributed by atoms with E-state index in [4.69, 9.17) is 5.10 Å². The zero-order valence-electron chi connectivity index (χ0n) is 13.8. The normalized spacial score (nSPS) is 11.3. The molecule has 2 heterocycles. The molecule has 3 nitrogen and oxygen atoms in total. The Labute approximate surface area is 149 Å². The van der Waals surface area contributed by atoms with Crippen molar-refractivity contribution in [3.8, 4) is 16.9 Å². The van der Waals surface area contributed by atoms with E-state index in [-0.39, 0.29) is 5.82 Å². The van der Waals surface area contributed by atoms with Gasteiger partial charge >= 0.3 is 0 Å². The van der Waals surface area contributed by atoms with Gasteiger partial charge in [0.15, 0.2) is 0 Å². The quantitative estimate of drug-likeness (QED) is 0.432. The molecule has 4 heteroatoms. The van der Waals surface area contributed by atoms with Gasteiger partial charge in [0.2, 0.25) is 0 Å². The van der Waals surface area contributed by atoms with Crippen molar-refractivity contribution in [2.24, 2.45) is 0 Å². The molecule has 124 valence electrons. The number of halogens is 1. The van der Waals surface area contributed by atoms with Crippen LogP contribution < -0.4 is 0 Å². The van der Waals surface area contributed by atoms with Crippen LogP contribution in [0.5, 0.6) is 0 Å². The van der Waals surface area contributed by atoms with Gasteiger partial charge in [-0.1, -0.05) is 54.6 Å². The van der Waals surface area contributed by atoms with Crippen LogP contribution in [0, 0.1) is 5.82 Å². The minimum Gasteiger partial charge on any atom is -0.255 e. The van der Waals surface area contributed by atoms with Crippen molar-refractivity contribution in [2.75, 3.05) is 0 Å². The number of pyridine rings is 1. The van der Waals surface area contributed by atoms with Crippen LogP contribution in [-0.4, -0.2) is 14.8 Å². The van der Waals surface area contributed by atoms with Crippen molar-refractivity contribution >= 4 is 21.8 Å². The van der Waals surface area contributed by atoms with Crippen molar-refractivity contribution < 1.29 is 4.39 Å². The highest BCUT2D eigenvalue weighted by Gasteiger charge is 2.16. The highest BCUT2D eigenvalue weighted by atomic mass is 19.1. The second-order valence-corrected chi connectivity index (χ2v) is 6.14. The third-order valence-corrected chi connectivity index (χ3v) is 4.51. The van der Waals surface area contributed by atoms with Gasteiger partial charge in [-0.05, 0) is 24.3 Å². The summed E-state index contributed by atoms with van der Waals surface area (Å²) in [5.41, 5.74) is 4.35. The largest absolute Gasteiger partial charge is 0.255 e. The number of rotatable bonds is 2. The molecule has 0 radical (unpaired) electrons. The van der Waals surface area contributed by atoms with E-state index >= 15 is 0 Å². The van der Waals surface area contributed by atoms with Crippen LogP contribution in [0.25, 0.3) is 38.8 Å². The molecule has 5 rings (SSSR count). The molecule has 0 aliphatic carbocycles. The third kappa shape index (κ3) is 2.27. The Morgan fingerprint density at radius 3 is 2.42 bits per heavy atom. The van der Waals surface area contributed by atoms with Gasteiger partial charge in [-0.15, -0.1) is 0 Å². The van der Waals surface area contributed by atoms with Crippen LogP contribution in [0.4, 0.5) is 4.39 Å². The van der Waals surface area contributed by atoms with Crippen LogP contribution in [-0.2, 0) is 0 Å². The van der Waals surface area contributed by atoms with Gasteiger partial charge in [0.25, 0.3) is 0 Å². The lowest BCUT2D eigenvalue weighted by Crippen LogP contribution is -1.97.